The maximum Gasteiger partial charge on any atom is 0.410 e. The van der Waals surface area contributed by atoms with Gasteiger partial charge in [-0.2, -0.15) is 25.2 Å². The summed E-state index contributed by atoms with van der Waals surface area (Å²) in [4.78, 5) is 39.4. The van der Waals surface area contributed by atoms with E-state index in [0.29, 0.717) is 54.9 Å². The molecule has 1 aliphatic carbocycles. The molecule has 0 radical (unpaired) electrons. The zero-order chi connectivity index (χ0) is 35.0. The van der Waals surface area contributed by atoms with Crippen molar-refractivity contribution in [1.82, 2.24) is 34.9 Å². The average Bonchev–Trinajstić information content (AvgIpc) is 3.87. The van der Waals surface area contributed by atoms with Crippen LogP contribution in [-0.4, -0.2) is 103 Å². The molecule has 0 spiro atoms. The molecule has 16 heteroatoms. The molecule has 7 heterocycles. The number of nitrogen functional groups attached to an aromatic ring is 1. The van der Waals surface area contributed by atoms with Crippen molar-refractivity contribution in [3.8, 4) is 23.7 Å². The number of alkyl halides is 1. The van der Waals surface area contributed by atoms with Crippen LogP contribution >= 0.6 is 11.3 Å². The summed E-state index contributed by atoms with van der Waals surface area (Å²) in [6.45, 7) is 10.2. The summed E-state index contributed by atoms with van der Waals surface area (Å²) in [5.41, 5.74) is 5.88. The van der Waals surface area contributed by atoms with Crippen molar-refractivity contribution in [2.24, 2.45) is 0 Å². The van der Waals surface area contributed by atoms with Crippen LogP contribution in [0.5, 0.6) is 6.01 Å². The van der Waals surface area contributed by atoms with E-state index in [4.69, 9.17) is 34.7 Å². The zero-order valence-corrected chi connectivity index (χ0v) is 29.8. The Morgan fingerprint density at radius 2 is 1.90 bits per heavy atom. The minimum Gasteiger partial charge on any atom is -0.461 e. The first-order valence-corrected chi connectivity index (χ1v) is 18.4. The minimum atomic E-state index is -0.889. The predicted molar refractivity (Wildman–Crippen MR) is 182 cm³/mol. The number of halogens is 1. The summed E-state index contributed by atoms with van der Waals surface area (Å²) in [6, 6.07) is 2.26. The van der Waals surface area contributed by atoms with Crippen LogP contribution in [0.25, 0.3) is 11.6 Å². The van der Waals surface area contributed by atoms with Gasteiger partial charge in [0.2, 0.25) is 23.5 Å². The van der Waals surface area contributed by atoms with Gasteiger partial charge >= 0.3 is 12.1 Å². The number of carbonyl (C=O) groups is 1. The lowest BCUT2D eigenvalue weighted by Gasteiger charge is -2.41. The second-order valence-corrected chi connectivity index (χ2v) is 16.8. The fraction of sp³-hybridized carbons (Fsp3) is 0.676. The van der Waals surface area contributed by atoms with Crippen molar-refractivity contribution in [2.45, 2.75) is 114 Å². The van der Waals surface area contributed by atoms with Crippen molar-refractivity contribution < 1.29 is 23.2 Å². The van der Waals surface area contributed by atoms with Gasteiger partial charge in [-0.05, 0) is 79.2 Å². The van der Waals surface area contributed by atoms with Crippen molar-refractivity contribution in [2.75, 3.05) is 43.4 Å². The molecular formula is C34H43FN10O4S. The fourth-order valence-electron chi connectivity index (χ4n) is 8.83. The first kappa shape index (κ1) is 33.1. The lowest BCUT2D eigenvalue weighted by atomic mass is 9.72. The van der Waals surface area contributed by atoms with Crippen molar-refractivity contribution in [1.29, 1.82) is 5.26 Å². The van der Waals surface area contributed by atoms with Crippen LogP contribution in [0.1, 0.15) is 94.5 Å². The van der Waals surface area contributed by atoms with Gasteiger partial charge in [-0.15, -0.1) is 11.3 Å². The molecule has 3 aromatic heterocycles. The zero-order valence-electron chi connectivity index (χ0n) is 28.9. The summed E-state index contributed by atoms with van der Waals surface area (Å²) in [6.07, 6.45) is 5.18. The van der Waals surface area contributed by atoms with E-state index < -0.39 is 22.7 Å². The van der Waals surface area contributed by atoms with Crippen molar-refractivity contribution in [3.63, 3.8) is 0 Å². The molecule has 0 saturated carbocycles. The third kappa shape index (κ3) is 5.62. The molecular weight excluding hydrogens is 664 g/mol. The van der Waals surface area contributed by atoms with Gasteiger partial charge in [0.05, 0.1) is 28.6 Å². The average molecular weight is 707 g/mol. The Morgan fingerprint density at radius 3 is 2.64 bits per heavy atom. The molecule has 266 valence electrons. The minimum absolute atomic E-state index is 0.0660. The van der Waals surface area contributed by atoms with E-state index in [1.165, 1.54) is 11.3 Å². The molecule has 2 N–H and O–H groups in total. The predicted octanol–water partition coefficient (Wildman–Crippen LogP) is 4.62. The number of fused-ring (bicyclic) bond motifs is 4. The van der Waals surface area contributed by atoms with Crippen LogP contribution in [0.15, 0.2) is 4.52 Å². The number of nitriles is 1. The largest absolute Gasteiger partial charge is 0.461 e. The van der Waals surface area contributed by atoms with E-state index in [-0.39, 0.29) is 42.4 Å². The molecule has 50 heavy (non-hydrogen) atoms. The first-order chi connectivity index (χ1) is 23.9. The number of aryl methyl sites for hydroxylation is 1. The number of ether oxygens (including phenoxy) is 2. The van der Waals surface area contributed by atoms with Crippen LogP contribution in [0, 0.1) is 11.3 Å². The van der Waals surface area contributed by atoms with E-state index >= 15 is 0 Å². The Bertz CT molecular complexity index is 1840. The molecule has 0 unspecified atom stereocenters. The lowest BCUT2D eigenvalue weighted by molar-refractivity contribution is 0.0122. The number of nitrogens with two attached hydrogens (primary N) is 1. The monoisotopic (exact) mass is 706 g/mol. The summed E-state index contributed by atoms with van der Waals surface area (Å²) in [5.74, 6) is 1.10. The van der Waals surface area contributed by atoms with Gasteiger partial charge < -0.3 is 24.6 Å². The lowest BCUT2D eigenvalue weighted by Crippen LogP contribution is -2.57. The number of anilines is 2. The Morgan fingerprint density at radius 1 is 1.12 bits per heavy atom. The van der Waals surface area contributed by atoms with E-state index in [1.807, 2.05) is 32.6 Å². The molecule has 4 fully saturated rings. The Balaban J connectivity index is 1.12. The van der Waals surface area contributed by atoms with Gasteiger partial charge in [0.15, 0.2) is 0 Å². The van der Waals surface area contributed by atoms with E-state index in [1.54, 1.807) is 0 Å². The highest BCUT2D eigenvalue weighted by Gasteiger charge is 2.50. The van der Waals surface area contributed by atoms with Crippen LogP contribution < -0.4 is 15.4 Å². The van der Waals surface area contributed by atoms with Crippen LogP contribution in [0.2, 0.25) is 0 Å². The molecule has 2 bridgehead atoms. The molecule has 8 rings (SSSR count). The smallest absolute Gasteiger partial charge is 0.410 e. The first-order valence-electron chi connectivity index (χ1n) is 17.6. The maximum atomic E-state index is 14.6. The van der Waals surface area contributed by atoms with Crippen molar-refractivity contribution >= 4 is 28.4 Å². The molecule has 4 aliphatic heterocycles. The third-order valence-corrected chi connectivity index (χ3v) is 12.1. The van der Waals surface area contributed by atoms with Gasteiger partial charge in [-0.25, -0.2) is 9.18 Å². The number of aromatic nitrogens is 5. The highest BCUT2D eigenvalue weighted by molar-refractivity contribution is 7.16. The van der Waals surface area contributed by atoms with Gasteiger partial charge in [0.1, 0.15) is 29.4 Å². The molecule has 5 aliphatic rings. The molecule has 3 aromatic rings. The van der Waals surface area contributed by atoms with E-state index in [0.717, 1.165) is 55.5 Å². The Kier molecular flexibility index (Phi) is 7.94. The number of carbonyl (C=O) groups excluding carboxylic acids is 1. The van der Waals surface area contributed by atoms with Gasteiger partial charge in [-0.1, -0.05) is 5.16 Å². The SMILES string of the molecule is CC(C)(C)OC(=O)N1[C@@H]2CC[C@H]1CN(c1nc(OC[C@@]34CCCN3C[C@H](F)C4)nc(-c3noc([C@@]4(C)CCCc5sc(N)c(C#N)c54)n3)n1)C2. The summed E-state index contributed by atoms with van der Waals surface area (Å²) < 4.78 is 32.5. The van der Waals surface area contributed by atoms with Gasteiger partial charge in [0, 0.05) is 36.5 Å². The topological polar surface area (TPSA) is 173 Å². The number of nitrogens with zero attached hydrogens (tertiary/aromatic N) is 9. The van der Waals surface area contributed by atoms with E-state index in [2.05, 4.69) is 26.0 Å². The highest BCUT2D eigenvalue weighted by Crippen LogP contribution is 2.49. The molecule has 0 aromatic carbocycles. The second-order valence-electron chi connectivity index (χ2n) is 15.6. The molecule has 1 amide bonds. The molecule has 14 nitrogen and oxygen atoms in total. The number of amides is 1. The second kappa shape index (κ2) is 12.0. The maximum absolute atomic E-state index is 14.6. The Hall–Kier alpha value is -4.10. The third-order valence-electron chi connectivity index (χ3n) is 11.1. The number of hydrogen-bond acceptors (Lipinski definition) is 14. The standard InChI is InChI=1S/C34H43FN10O4S/c1-32(2,3)48-31(46)45-20-8-9-21(45)17-43(16-20)29-39-26(40-30(41-29)47-18-34-11-6-12-44(34)15-19(35)13-34)27-38-28(49-42-27)33(4)10-5-7-23-24(33)22(14-36)25(37)50-23/h19-21H,5-13,15-18,37H2,1-4H3/t19-,20-,21+,33+,34+/m1/s1. The van der Waals surface area contributed by atoms with Crippen LogP contribution in [0.4, 0.5) is 20.1 Å². The summed E-state index contributed by atoms with van der Waals surface area (Å²) in [5, 5.41) is 14.8. The number of thiophene rings is 1. The Labute approximate surface area is 294 Å². The normalized spacial score (nSPS) is 29.2. The molecule has 5 atom stereocenters. The van der Waals surface area contributed by atoms with Crippen LogP contribution in [0.3, 0.4) is 0 Å². The highest BCUT2D eigenvalue weighted by atomic mass is 32.1. The van der Waals surface area contributed by atoms with E-state index in [9.17, 15) is 14.4 Å². The van der Waals surface area contributed by atoms with Crippen LogP contribution in [-0.2, 0) is 16.6 Å². The number of piperazine rings is 1. The fourth-order valence-corrected chi connectivity index (χ4v) is 10.0. The van der Waals surface area contributed by atoms with Crippen molar-refractivity contribution in [3.05, 3.63) is 21.9 Å². The summed E-state index contributed by atoms with van der Waals surface area (Å²) >= 11 is 1.44. The number of hydrogen-bond donors (Lipinski definition) is 1. The van der Waals surface area contributed by atoms with Gasteiger partial charge in [0.25, 0.3) is 0 Å². The number of rotatable bonds is 6. The summed E-state index contributed by atoms with van der Waals surface area (Å²) in [7, 11) is 0. The molecule has 4 saturated heterocycles. The van der Waals surface area contributed by atoms with Gasteiger partial charge in [-0.3, -0.25) is 9.80 Å². The quantitative estimate of drug-likeness (QED) is 0.377.